The number of amides is 1. The molecule has 1 amide bonds. The van der Waals surface area contributed by atoms with E-state index in [1.165, 1.54) is 30.5 Å². The molecule has 7 rings (SSSR count). The Morgan fingerprint density at radius 2 is 1.61 bits per heavy atom. The van der Waals surface area contributed by atoms with E-state index >= 15 is 0 Å². The summed E-state index contributed by atoms with van der Waals surface area (Å²) < 4.78 is 23.2. The van der Waals surface area contributed by atoms with Gasteiger partial charge in [0.15, 0.2) is 17.6 Å². The molecule has 3 aliphatic carbocycles. The van der Waals surface area contributed by atoms with Crippen molar-refractivity contribution in [2.45, 2.75) is 94.7 Å². The molecule has 3 aromatic rings. The van der Waals surface area contributed by atoms with Crippen molar-refractivity contribution in [1.29, 1.82) is 0 Å². The predicted molar refractivity (Wildman–Crippen MR) is 189 cm³/mol. The molecule has 0 spiro atoms. The number of aliphatic hydroxyl groups excluding tert-OH is 2. The molecule has 1 saturated heterocycles. The smallest absolute Gasteiger partial charge is 0.338 e. The topological polar surface area (TPSA) is 202 Å². The number of benzene rings is 2. The molecule has 286 valence electrons. The summed E-state index contributed by atoms with van der Waals surface area (Å²) in [7, 11) is 0. The third-order valence-corrected chi connectivity index (χ3v) is 12.5. The SMILES string of the molecule is CC1=C2C(O)C(=O)[C@]3(C)CCC4OCC4(O)C3C(OC(=O)c3ccccc3)C(O)(CC1OC(=O)C(O)C(NC(=O)c1ccco1)c1ccccc1)C2(C)C. The van der Waals surface area contributed by atoms with Crippen molar-refractivity contribution in [1.82, 2.24) is 5.32 Å². The van der Waals surface area contributed by atoms with Crippen LogP contribution in [0.5, 0.6) is 0 Å². The van der Waals surface area contributed by atoms with E-state index in [0.29, 0.717) is 12.0 Å². The van der Waals surface area contributed by atoms with Crippen LogP contribution in [0.1, 0.15) is 79.5 Å². The van der Waals surface area contributed by atoms with Gasteiger partial charge in [-0.25, -0.2) is 9.59 Å². The van der Waals surface area contributed by atoms with Gasteiger partial charge in [-0.15, -0.1) is 0 Å². The molecular formula is C41H45NO12. The zero-order chi connectivity index (χ0) is 38.8. The first-order valence-electron chi connectivity index (χ1n) is 18.1. The van der Waals surface area contributed by atoms with Crippen molar-refractivity contribution in [2.75, 3.05) is 6.61 Å². The maximum Gasteiger partial charge on any atom is 0.338 e. The van der Waals surface area contributed by atoms with Gasteiger partial charge >= 0.3 is 11.9 Å². The molecule has 13 heteroatoms. The lowest BCUT2D eigenvalue weighted by Crippen LogP contribution is -2.78. The lowest BCUT2D eigenvalue weighted by atomic mass is 9.45. The van der Waals surface area contributed by atoms with Gasteiger partial charge < -0.3 is 44.4 Å². The zero-order valence-corrected chi connectivity index (χ0v) is 30.4. The number of hydrogen-bond acceptors (Lipinski definition) is 12. The number of carbonyl (C=O) groups excluding carboxylic acids is 4. The highest BCUT2D eigenvalue weighted by atomic mass is 16.6. The van der Waals surface area contributed by atoms with Crippen LogP contribution in [-0.4, -0.2) is 92.4 Å². The highest BCUT2D eigenvalue weighted by molar-refractivity contribution is 5.94. The number of furan rings is 1. The Morgan fingerprint density at radius 3 is 2.22 bits per heavy atom. The Morgan fingerprint density at radius 1 is 0.944 bits per heavy atom. The van der Waals surface area contributed by atoms with Crippen molar-refractivity contribution in [3.05, 3.63) is 107 Å². The van der Waals surface area contributed by atoms with Crippen LogP contribution in [-0.2, 0) is 23.8 Å². The summed E-state index contributed by atoms with van der Waals surface area (Å²) in [4.78, 5) is 55.6. The van der Waals surface area contributed by atoms with Gasteiger partial charge in [0.1, 0.15) is 29.5 Å². The molecule has 2 saturated carbocycles. The number of esters is 2. The van der Waals surface area contributed by atoms with Crippen LogP contribution in [0.4, 0.5) is 0 Å². The van der Waals surface area contributed by atoms with E-state index in [9.17, 15) is 39.6 Å². The number of rotatable bonds is 8. The quantitative estimate of drug-likeness (QED) is 0.167. The molecule has 13 nitrogen and oxygen atoms in total. The number of ether oxygens (including phenoxy) is 3. The van der Waals surface area contributed by atoms with E-state index in [1.54, 1.807) is 76.2 Å². The normalized spacial score (nSPS) is 33.8. The molecule has 3 fully saturated rings. The monoisotopic (exact) mass is 743 g/mol. The standard InChI is InChI=1S/C41H45NO12/c1-22-26(53-37(48)31(44)29(23-12-7-5-8-13-23)42-35(46)25-16-11-19-51-25)20-41(50)34(54-36(47)24-14-9-6-10-15-24)32-39(4,18-17-27-40(32,49)21-52-27)33(45)30(43)28(22)38(41,2)3/h5-16,19,26-27,29-32,34,43-44,49-50H,17-18,20-21H2,1-4H3,(H,42,46)/t26?,27?,29?,30?,31?,32?,34?,39-,40?,41?/m1/s1. The fraction of sp³-hybridized carbons (Fsp3) is 0.463. The number of Topliss-reactive ketones (excluding diaryl/α,β-unsaturated/α-hetero) is 1. The summed E-state index contributed by atoms with van der Waals surface area (Å²) in [5, 5.41) is 51.7. The van der Waals surface area contributed by atoms with E-state index in [-0.39, 0.29) is 35.5 Å². The minimum absolute atomic E-state index is 0.0563. The van der Waals surface area contributed by atoms with Crippen LogP contribution < -0.4 is 5.32 Å². The van der Waals surface area contributed by atoms with Crippen LogP contribution in [0, 0.1) is 16.7 Å². The average Bonchev–Trinajstić information content (AvgIpc) is 3.70. The third-order valence-electron chi connectivity index (χ3n) is 12.5. The molecule has 9 unspecified atom stereocenters. The molecule has 4 aliphatic rings. The van der Waals surface area contributed by atoms with Crippen molar-refractivity contribution >= 4 is 23.6 Å². The zero-order valence-electron chi connectivity index (χ0n) is 30.4. The summed E-state index contributed by atoms with van der Waals surface area (Å²) >= 11 is 0. The lowest BCUT2D eigenvalue weighted by Gasteiger charge is -2.66. The fourth-order valence-corrected chi connectivity index (χ4v) is 9.37. The molecule has 5 N–H and O–H groups in total. The minimum atomic E-state index is -2.19. The van der Waals surface area contributed by atoms with Crippen LogP contribution in [0.15, 0.2) is 94.6 Å². The van der Waals surface area contributed by atoms with Gasteiger partial charge in [-0.05, 0) is 60.7 Å². The van der Waals surface area contributed by atoms with Gasteiger partial charge in [0.05, 0.1) is 30.6 Å². The number of carbonyl (C=O) groups is 4. The molecule has 1 aliphatic heterocycles. The van der Waals surface area contributed by atoms with E-state index < -0.39 is 94.6 Å². The second-order valence-electron chi connectivity index (χ2n) is 15.7. The summed E-state index contributed by atoms with van der Waals surface area (Å²) in [5.74, 6) is -4.66. The van der Waals surface area contributed by atoms with E-state index in [2.05, 4.69) is 5.32 Å². The van der Waals surface area contributed by atoms with Gasteiger partial charge in [0, 0.05) is 23.2 Å². The van der Waals surface area contributed by atoms with Crippen LogP contribution in [0.25, 0.3) is 0 Å². The summed E-state index contributed by atoms with van der Waals surface area (Å²) in [5.41, 5.74) is -6.03. The number of ketones is 1. The molecule has 1 aromatic heterocycles. The minimum Gasteiger partial charge on any atom is -0.459 e. The Labute approximate surface area is 311 Å². The number of aliphatic hydroxyl groups is 4. The molecular weight excluding hydrogens is 698 g/mol. The second-order valence-corrected chi connectivity index (χ2v) is 15.7. The van der Waals surface area contributed by atoms with Crippen molar-refractivity contribution in [2.24, 2.45) is 16.7 Å². The Bertz CT molecular complexity index is 1960. The first-order chi connectivity index (χ1) is 25.5. The average molecular weight is 744 g/mol. The number of hydrogen-bond donors (Lipinski definition) is 5. The van der Waals surface area contributed by atoms with Gasteiger partial charge in [-0.1, -0.05) is 69.3 Å². The highest BCUT2D eigenvalue weighted by Crippen LogP contribution is 2.63. The summed E-state index contributed by atoms with van der Waals surface area (Å²) in [6.07, 6.45) is -6.11. The fourth-order valence-electron chi connectivity index (χ4n) is 9.37. The maximum absolute atomic E-state index is 14.6. The predicted octanol–water partition coefficient (Wildman–Crippen LogP) is 3.22. The highest BCUT2D eigenvalue weighted by Gasteiger charge is 2.74. The van der Waals surface area contributed by atoms with Crippen molar-refractivity contribution in [3.8, 4) is 0 Å². The Kier molecular flexibility index (Phi) is 9.46. The van der Waals surface area contributed by atoms with Gasteiger partial charge in [-0.3, -0.25) is 9.59 Å². The van der Waals surface area contributed by atoms with Crippen LogP contribution in [0.3, 0.4) is 0 Å². The summed E-state index contributed by atoms with van der Waals surface area (Å²) in [6.45, 7) is 6.20. The molecule has 2 aromatic carbocycles. The van der Waals surface area contributed by atoms with Crippen molar-refractivity contribution < 1.29 is 58.2 Å². The van der Waals surface area contributed by atoms with E-state index in [0.717, 1.165) is 0 Å². The van der Waals surface area contributed by atoms with Crippen molar-refractivity contribution in [3.63, 3.8) is 0 Å². The molecule has 54 heavy (non-hydrogen) atoms. The summed E-state index contributed by atoms with van der Waals surface area (Å²) in [6, 6.07) is 18.0. The first-order valence-corrected chi connectivity index (χ1v) is 18.1. The molecule has 10 atom stereocenters. The third kappa shape index (κ3) is 5.80. The number of fused-ring (bicyclic) bond motifs is 5. The first kappa shape index (κ1) is 37.6. The Hall–Kier alpha value is -4.66. The second kappa shape index (κ2) is 13.6. The van der Waals surface area contributed by atoms with E-state index in [4.69, 9.17) is 18.6 Å². The maximum atomic E-state index is 14.6. The lowest BCUT2D eigenvalue weighted by molar-refractivity contribution is -0.329. The van der Waals surface area contributed by atoms with Gasteiger partial charge in [-0.2, -0.15) is 0 Å². The van der Waals surface area contributed by atoms with Crippen LogP contribution in [0.2, 0.25) is 0 Å². The van der Waals surface area contributed by atoms with Gasteiger partial charge in [0.2, 0.25) is 0 Å². The Balaban J connectivity index is 1.30. The molecule has 2 heterocycles. The molecule has 2 bridgehead atoms. The largest absolute Gasteiger partial charge is 0.459 e. The van der Waals surface area contributed by atoms with E-state index in [1.807, 2.05) is 0 Å². The van der Waals surface area contributed by atoms with Gasteiger partial charge in [0.25, 0.3) is 5.91 Å². The molecule has 0 radical (unpaired) electrons. The van der Waals surface area contributed by atoms with Crippen LogP contribution >= 0.6 is 0 Å². The number of nitrogens with one attached hydrogen (secondary N) is 1.